The first-order valence-electron chi connectivity index (χ1n) is 7.59. The molecule has 0 saturated carbocycles. The van der Waals surface area contributed by atoms with Gasteiger partial charge < -0.3 is 9.47 Å². The van der Waals surface area contributed by atoms with E-state index in [9.17, 15) is 4.79 Å². The van der Waals surface area contributed by atoms with Crippen LogP contribution in [0, 0.1) is 0 Å². The van der Waals surface area contributed by atoms with Crippen LogP contribution in [0.3, 0.4) is 0 Å². The molecule has 0 aliphatic carbocycles. The van der Waals surface area contributed by atoms with Crippen LogP contribution in [0.1, 0.15) is 36.8 Å². The van der Waals surface area contributed by atoms with Crippen LogP contribution in [0.25, 0.3) is 0 Å². The quantitative estimate of drug-likeness (QED) is 0.559. The summed E-state index contributed by atoms with van der Waals surface area (Å²) >= 11 is 6.86. The Morgan fingerprint density at radius 2 is 1.21 bits per heavy atom. The molecule has 0 aliphatic heterocycles. The maximum absolute atomic E-state index is 13.0. The van der Waals surface area contributed by atoms with Crippen LogP contribution in [0.2, 0.25) is 0 Å². The molecule has 0 bridgehead atoms. The highest BCUT2D eigenvalue weighted by Gasteiger charge is 2.27. The fourth-order valence-corrected chi connectivity index (χ4v) is 3.45. The van der Waals surface area contributed by atoms with Gasteiger partial charge in [-0.1, -0.05) is 57.8 Å². The van der Waals surface area contributed by atoms with Crippen LogP contribution in [-0.2, 0) is 4.79 Å². The molecule has 2 aromatic rings. The van der Waals surface area contributed by atoms with E-state index in [0.717, 1.165) is 20.1 Å². The molecule has 0 spiro atoms. The molecule has 0 amide bonds. The Labute approximate surface area is 159 Å². The first-order valence-corrected chi connectivity index (χ1v) is 9.18. The maximum Gasteiger partial charge on any atom is 0.147 e. The molecule has 0 N–H and O–H groups in total. The normalized spacial score (nSPS) is 13.2. The Bertz CT molecular complexity index is 682. The highest BCUT2D eigenvalue weighted by atomic mass is 79.9. The molecule has 0 aliphatic rings. The van der Waals surface area contributed by atoms with Crippen LogP contribution >= 0.6 is 31.9 Å². The molecular formula is C19H20Br2O3. The van der Waals surface area contributed by atoms with Gasteiger partial charge in [-0.2, -0.15) is 0 Å². The van der Waals surface area contributed by atoms with Crippen molar-refractivity contribution in [1.29, 1.82) is 0 Å². The molecule has 0 radical (unpaired) electrons. The lowest BCUT2D eigenvalue weighted by Gasteiger charge is -2.21. The summed E-state index contributed by atoms with van der Waals surface area (Å²) in [6, 6.07) is 11.5. The molecule has 2 aromatic carbocycles. The van der Waals surface area contributed by atoms with E-state index in [1.54, 1.807) is 14.2 Å². The van der Waals surface area contributed by atoms with Gasteiger partial charge in [-0.3, -0.25) is 4.79 Å². The van der Waals surface area contributed by atoms with Crippen LogP contribution in [0.15, 0.2) is 45.3 Å². The summed E-state index contributed by atoms with van der Waals surface area (Å²) < 4.78 is 12.7. The first-order chi connectivity index (χ1) is 11.4. The molecule has 0 saturated heterocycles. The third-order valence-corrected chi connectivity index (χ3v) is 5.16. The van der Waals surface area contributed by atoms with Gasteiger partial charge in [-0.05, 0) is 24.3 Å². The van der Waals surface area contributed by atoms with E-state index in [-0.39, 0.29) is 17.6 Å². The number of carbonyl (C=O) groups is 1. The lowest BCUT2D eigenvalue weighted by atomic mass is 9.85. The second-order valence-corrected chi connectivity index (χ2v) is 7.45. The summed E-state index contributed by atoms with van der Waals surface area (Å²) in [7, 11) is 3.23. The molecule has 2 rings (SSSR count). The van der Waals surface area contributed by atoms with Gasteiger partial charge in [0.25, 0.3) is 0 Å². The van der Waals surface area contributed by atoms with Crippen molar-refractivity contribution in [2.75, 3.05) is 14.2 Å². The Kier molecular flexibility index (Phi) is 6.47. The molecule has 24 heavy (non-hydrogen) atoms. The topological polar surface area (TPSA) is 35.5 Å². The van der Waals surface area contributed by atoms with E-state index >= 15 is 0 Å². The molecule has 0 heterocycles. The monoisotopic (exact) mass is 454 g/mol. The predicted molar refractivity (Wildman–Crippen MR) is 103 cm³/mol. The van der Waals surface area contributed by atoms with E-state index < -0.39 is 0 Å². The summed E-state index contributed by atoms with van der Waals surface area (Å²) in [5.41, 5.74) is 1.77. The van der Waals surface area contributed by atoms with E-state index in [1.165, 1.54) is 0 Å². The van der Waals surface area contributed by atoms with Crippen LogP contribution in [-0.4, -0.2) is 20.0 Å². The Balaban J connectivity index is 2.34. The van der Waals surface area contributed by atoms with Gasteiger partial charge >= 0.3 is 0 Å². The average molecular weight is 456 g/mol. The highest BCUT2D eigenvalue weighted by molar-refractivity contribution is 9.10. The Morgan fingerprint density at radius 1 is 0.833 bits per heavy atom. The zero-order valence-electron chi connectivity index (χ0n) is 14.1. The highest BCUT2D eigenvalue weighted by Crippen LogP contribution is 2.36. The number of hydrogen-bond acceptors (Lipinski definition) is 3. The second-order valence-electron chi connectivity index (χ2n) is 5.62. The molecule has 2 unspecified atom stereocenters. The van der Waals surface area contributed by atoms with Crippen molar-refractivity contribution >= 4 is 37.6 Å². The van der Waals surface area contributed by atoms with E-state index in [4.69, 9.17) is 9.47 Å². The summed E-state index contributed by atoms with van der Waals surface area (Å²) in [4.78, 5) is 13.0. The number of benzene rings is 2. The summed E-state index contributed by atoms with van der Waals surface area (Å²) in [5.74, 6) is 0.976. The molecule has 5 heteroatoms. The summed E-state index contributed by atoms with van der Waals surface area (Å²) in [5, 5.41) is 0. The number of rotatable bonds is 6. The van der Waals surface area contributed by atoms with Gasteiger partial charge in [0, 0.05) is 31.9 Å². The third-order valence-electron chi connectivity index (χ3n) is 4.18. The Hall–Kier alpha value is -1.33. The fraction of sp³-hybridized carbons (Fsp3) is 0.316. The summed E-state index contributed by atoms with van der Waals surface area (Å²) in [6.07, 6.45) is 0. The number of halogens is 2. The minimum atomic E-state index is -0.281. The van der Waals surface area contributed by atoms with Crippen molar-refractivity contribution in [2.24, 2.45) is 0 Å². The van der Waals surface area contributed by atoms with Crippen molar-refractivity contribution < 1.29 is 14.3 Å². The number of carbonyl (C=O) groups excluding carboxylic acids is 1. The largest absolute Gasteiger partial charge is 0.496 e. The molecule has 0 fully saturated rings. The van der Waals surface area contributed by atoms with Crippen molar-refractivity contribution in [3.63, 3.8) is 0 Å². The molecule has 3 nitrogen and oxygen atoms in total. The molecule has 0 aromatic heterocycles. The van der Waals surface area contributed by atoms with Crippen molar-refractivity contribution in [3.05, 3.63) is 56.5 Å². The van der Waals surface area contributed by atoms with Crippen LogP contribution in [0.4, 0.5) is 0 Å². The zero-order valence-corrected chi connectivity index (χ0v) is 17.3. The maximum atomic E-state index is 13.0. The molecular weight excluding hydrogens is 436 g/mol. The van der Waals surface area contributed by atoms with Crippen molar-refractivity contribution in [2.45, 2.75) is 25.7 Å². The summed E-state index contributed by atoms with van der Waals surface area (Å²) in [6.45, 7) is 3.83. The lowest BCUT2D eigenvalue weighted by Crippen LogP contribution is -2.17. The predicted octanol–water partition coefficient (Wildman–Crippen LogP) is 5.71. The van der Waals surface area contributed by atoms with Gasteiger partial charge in [0.2, 0.25) is 0 Å². The standard InChI is InChI=1S/C19H20Br2O3/c1-11(15-7-5-13(20)9-17(15)23-3)19(22)12(2)16-8-6-14(21)10-18(16)24-4/h5-12H,1-4H3. The third kappa shape index (κ3) is 4.01. The lowest BCUT2D eigenvalue weighted by molar-refractivity contribution is -0.121. The minimum Gasteiger partial charge on any atom is -0.496 e. The zero-order chi connectivity index (χ0) is 17.9. The Morgan fingerprint density at radius 3 is 1.54 bits per heavy atom. The number of ketones is 1. The average Bonchev–Trinajstić information content (AvgIpc) is 2.59. The van der Waals surface area contributed by atoms with Crippen molar-refractivity contribution in [3.8, 4) is 11.5 Å². The van der Waals surface area contributed by atoms with E-state index in [1.807, 2.05) is 50.2 Å². The van der Waals surface area contributed by atoms with Crippen LogP contribution < -0.4 is 9.47 Å². The second kappa shape index (κ2) is 8.17. The molecule has 2 atom stereocenters. The SMILES string of the molecule is COc1cc(Br)ccc1C(C)C(=O)C(C)c1ccc(Br)cc1OC. The van der Waals surface area contributed by atoms with Crippen molar-refractivity contribution in [1.82, 2.24) is 0 Å². The van der Waals surface area contributed by atoms with Gasteiger partial charge in [0.05, 0.1) is 14.2 Å². The fourth-order valence-electron chi connectivity index (χ4n) is 2.77. The van der Waals surface area contributed by atoms with Crippen LogP contribution in [0.5, 0.6) is 11.5 Å². The van der Waals surface area contributed by atoms with E-state index in [2.05, 4.69) is 31.9 Å². The number of methoxy groups -OCH3 is 2. The first kappa shape index (κ1) is 19.0. The number of ether oxygens (including phenoxy) is 2. The van der Waals surface area contributed by atoms with E-state index in [0.29, 0.717) is 11.5 Å². The van der Waals surface area contributed by atoms with Gasteiger partial charge in [0.1, 0.15) is 17.3 Å². The van der Waals surface area contributed by atoms with Gasteiger partial charge in [-0.25, -0.2) is 0 Å². The smallest absolute Gasteiger partial charge is 0.147 e. The van der Waals surface area contributed by atoms with Gasteiger partial charge in [0.15, 0.2) is 0 Å². The number of hydrogen-bond donors (Lipinski definition) is 0. The molecule has 128 valence electrons. The minimum absolute atomic E-state index is 0.122. The van der Waals surface area contributed by atoms with Gasteiger partial charge in [-0.15, -0.1) is 0 Å². The number of Topliss-reactive ketones (excluding diaryl/α,β-unsaturated/α-hetero) is 1.